The minimum Gasteiger partial charge on any atom is -0.460 e. The number of hydrogen-bond acceptors (Lipinski definition) is 6. The largest absolute Gasteiger partial charge is 0.460 e. The van der Waals surface area contributed by atoms with Crippen LogP contribution in [-0.4, -0.2) is 48.3 Å². The van der Waals surface area contributed by atoms with E-state index in [-0.39, 0.29) is 18.9 Å². The number of nitrogens with zero attached hydrogens (tertiary/aromatic N) is 2. The second kappa shape index (κ2) is 8.04. The predicted octanol–water partition coefficient (Wildman–Crippen LogP) is 1.92. The zero-order valence-electron chi connectivity index (χ0n) is 14.1. The molecule has 25 heavy (non-hydrogen) atoms. The summed E-state index contributed by atoms with van der Waals surface area (Å²) in [6.07, 6.45) is 0. The highest BCUT2D eigenvalue weighted by Gasteiger charge is 2.34. The van der Waals surface area contributed by atoms with Gasteiger partial charge in [-0.05, 0) is 24.7 Å². The highest BCUT2D eigenvalue weighted by molar-refractivity contribution is 7.80. The van der Waals surface area contributed by atoms with Crippen LogP contribution in [-0.2, 0) is 14.3 Å². The molecule has 9 heteroatoms. The van der Waals surface area contributed by atoms with E-state index in [9.17, 15) is 14.9 Å². The van der Waals surface area contributed by atoms with Gasteiger partial charge in [0.05, 0.1) is 23.1 Å². The van der Waals surface area contributed by atoms with E-state index in [1.54, 1.807) is 31.0 Å². The smallest absolute Gasteiger partial charge is 0.338 e. The number of allylic oxidation sites excluding steroid dienone is 1. The van der Waals surface area contributed by atoms with Gasteiger partial charge in [-0.25, -0.2) is 4.79 Å². The number of rotatable bonds is 6. The van der Waals surface area contributed by atoms with Crippen molar-refractivity contribution < 1.29 is 19.2 Å². The topological polar surface area (TPSA) is 93.9 Å². The van der Waals surface area contributed by atoms with Crippen LogP contribution in [0.3, 0.4) is 0 Å². The zero-order valence-corrected chi connectivity index (χ0v) is 15.0. The third-order valence-electron chi connectivity index (χ3n) is 3.91. The fraction of sp³-hybridized carbons (Fsp3) is 0.375. The first-order chi connectivity index (χ1) is 11.9. The molecule has 1 aromatic rings. The van der Waals surface area contributed by atoms with Gasteiger partial charge in [-0.3, -0.25) is 10.1 Å². The van der Waals surface area contributed by atoms with Crippen LogP contribution in [0.1, 0.15) is 18.5 Å². The number of nitro groups is 1. The SMILES string of the molecule is COCCOC(=O)C1=C(C)N(C)C(=S)N[C@H]1c1cccc([N+](=O)[O-])c1. The van der Waals surface area contributed by atoms with Gasteiger partial charge in [0.1, 0.15) is 6.61 Å². The molecular weight excluding hydrogens is 346 g/mol. The first-order valence-corrected chi connectivity index (χ1v) is 7.93. The molecule has 134 valence electrons. The quantitative estimate of drug-likeness (QED) is 0.269. The number of non-ortho nitro benzene ring substituents is 1. The summed E-state index contributed by atoms with van der Waals surface area (Å²) in [5.74, 6) is -0.520. The molecule has 1 heterocycles. The van der Waals surface area contributed by atoms with E-state index < -0.39 is 16.9 Å². The van der Waals surface area contributed by atoms with Gasteiger partial charge < -0.3 is 19.7 Å². The molecule has 0 radical (unpaired) electrons. The number of benzene rings is 1. The Labute approximate surface area is 150 Å². The zero-order chi connectivity index (χ0) is 18.6. The number of carbonyl (C=O) groups excluding carboxylic acids is 1. The molecule has 1 aromatic carbocycles. The molecule has 0 spiro atoms. The number of methoxy groups -OCH3 is 1. The van der Waals surface area contributed by atoms with E-state index in [1.165, 1.54) is 19.2 Å². The van der Waals surface area contributed by atoms with Crippen molar-refractivity contribution in [1.29, 1.82) is 0 Å². The molecular formula is C16H19N3O5S. The summed E-state index contributed by atoms with van der Waals surface area (Å²) in [6, 6.07) is 5.46. The third kappa shape index (κ3) is 4.12. The summed E-state index contributed by atoms with van der Waals surface area (Å²) in [5.41, 5.74) is 1.48. The summed E-state index contributed by atoms with van der Waals surface area (Å²) in [5, 5.41) is 14.5. The molecule has 2 rings (SSSR count). The summed E-state index contributed by atoms with van der Waals surface area (Å²) < 4.78 is 10.1. The number of nitro benzene ring substituents is 1. The summed E-state index contributed by atoms with van der Waals surface area (Å²) in [7, 11) is 3.25. The van der Waals surface area contributed by atoms with E-state index in [2.05, 4.69) is 5.32 Å². The molecule has 0 bridgehead atoms. The van der Waals surface area contributed by atoms with Gasteiger partial charge in [-0.15, -0.1) is 0 Å². The molecule has 1 N–H and O–H groups in total. The van der Waals surface area contributed by atoms with E-state index in [0.717, 1.165) is 0 Å². The highest BCUT2D eigenvalue weighted by Crippen LogP contribution is 2.32. The first-order valence-electron chi connectivity index (χ1n) is 7.52. The number of carbonyl (C=O) groups is 1. The molecule has 0 amide bonds. The van der Waals surface area contributed by atoms with Crippen LogP contribution in [0, 0.1) is 10.1 Å². The molecule has 1 aliphatic heterocycles. The second-order valence-electron chi connectivity index (χ2n) is 5.42. The second-order valence-corrected chi connectivity index (χ2v) is 5.81. The summed E-state index contributed by atoms with van der Waals surface area (Å²) >= 11 is 5.29. The van der Waals surface area contributed by atoms with Gasteiger partial charge in [0.2, 0.25) is 0 Å². The average Bonchev–Trinajstić information content (AvgIpc) is 2.59. The van der Waals surface area contributed by atoms with Crippen molar-refractivity contribution in [3.63, 3.8) is 0 Å². The normalized spacial score (nSPS) is 17.3. The van der Waals surface area contributed by atoms with Crippen LogP contribution < -0.4 is 5.32 Å². The standard InChI is InChI=1S/C16H19N3O5S/c1-10-13(15(20)24-8-7-23-3)14(17-16(25)18(10)2)11-5-4-6-12(9-11)19(21)22/h4-6,9,14H,7-8H2,1-3H3,(H,17,25)/t14-/m0/s1. The van der Waals surface area contributed by atoms with Crippen molar-refractivity contribution in [3.8, 4) is 0 Å². The van der Waals surface area contributed by atoms with Crippen molar-refractivity contribution in [3.05, 3.63) is 51.2 Å². The molecule has 0 aliphatic carbocycles. The van der Waals surface area contributed by atoms with Gasteiger partial charge >= 0.3 is 5.97 Å². The van der Waals surface area contributed by atoms with Crippen molar-refractivity contribution in [2.24, 2.45) is 0 Å². The number of esters is 1. The maximum Gasteiger partial charge on any atom is 0.338 e. The first kappa shape index (κ1) is 18.8. The monoisotopic (exact) mass is 365 g/mol. The molecule has 0 aromatic heterocycles. The van der Waals surface area contributed by atoms with Crippen LogP contribution in [0.2, 0.25) is 0 Å². The Hall–Kier alpha value is -2.52. The van der Waals surface area contributed by atoms with E-state index in [0.29, 0.717) is 21.9 Å². The Morgan fingerprint density at radius 3 is 2.80 bits per heavy atom. The molecule has 0 unspecified atom stereocenters. The minimum atomic E-state index is -0.626. The Bertz CT molecular complexity index is 734. The van der Waals surface area contributed by atoms with E-state index in [4.69, 9.17) is 21.7 Å². The highest BCUT2D eigenvalue weighted by atomic mass is 32.1. The fourth-order valence-corrected chi connectivity index (χ4v) is 2.72. The van der Waals surface area contributed by atoms with Crippen molar-refractivity contribution in [2.75, 3.05) is 27.4 Å². The number of nitrogens with one attached hydrogen (secondary N) is 1. The van der Waals surface area contributed by atoms with Crippen molar-refractivity contribution in [2.45, 2.75) is 13.0 Å². The van der Waals surface area contributed by atoms with Crippen molar-refractivity contribution >= 4 is 29.0 Å². The Morgan fingerprint density at radius 1 is 1.44 bits per heavy atom. The van der Waals surface area contributed by atoms with E-state index >= 15 is 0 Å². The number of hydrogen-bond donors (Lipinski definition) is 1. The van der Waals surface area contributed by atoms with Crippen LogP contribution >= 0.6 is 12.2 Å². The lowest BCUT2D eigenvalue weighted by molar-refractivity contribution is -0.384. The predicted molar refractivity (Wildman–Crippen MR) is 94.9 cm³/mol. The maximum absolute atomic E-state index is 12.6. The molecule has 0 saturated heterocycles. The average molecular weight is 365 g/mol. The van der Waals surface area contributed by atoms with Gasteiger partial charge in [0.25, 0.3) is 5.69 Å². The molecule has 0 fully saturated rings. The molecule has 1 aliphatic rings. The third-order valence-corrected chi connectivity index (χ3v) is 4.30. The van der Waals surface area contributed by atoms with Gasteiger partial charge in [-0.1, -0.05) is 12.1 Å². The fourth-order valence-electron chi connectivity index (χ4n) is 2.46. The van der Waals surface area contributed by atoms with Crippen LogP contribution in [0.25, 0.3) is 0 Å². The van der Waals surface area contributed by atoms with Gasteiger partial charge in [-0.2, -0.15) is 0 Å². The summed E-state index contributed by atoms with van der Waals surface area (Å²) in [6.45, 7) is 2.15. The minimum absolute atomic E-state index is 0.0612. The molecule has 0 saturated carbocycles. The lowest BCUT2D eigenvalue weighted by Gasteiger charge is -2.35. The lowest BCUT2D eigenvalue weighted by atomic mass is 9.95. The van der Waals surface area contributed by atoms with Crippen molar-refractivity contribution in [1.82, 2.24) is 10.2 Å². The number of thiocarbonyl (C=S) groups is 1. The Balaban J connectivity index is 2.42. The molecule has 8 nitrogen and oxygen atoms in total. The van der Waals surface area contributed by atoms with Crippen LogP contribution in [0.15, 0.2) is 35.5 Å². The van der Waals surface area contributed by atoms with Crippen LogP contribution in [0.5, 0.6) is 0 Å². The van der Waals surface area contributed by atoms with Crippen LogP contribution in [0.4, 0.5) is 5.69 Å². The molecule has 1 atom stereocenters. The Kier molecular flexibility index (Phi) is 6.05. The summed E-state index contributed by atoms with van der Waals surface area (Å²) in [4.78, 5) is 24.8. The maximum atomic E-state index is 12.6. The number of ether oxygens (including phenoxy) is 2. The van der Waals surface area contributed by atoms with E-state index in [1.807, 2.05) is 0 Å². The van der Waals surface area contributed by atoms with Gasteiger partial charge in [0, 0.05) is 32.0 Å². The Morgan fingerprint density at radius 2 is 2.16 bits per heavy atom. The van der Waals surface area contributed by atoms with Gasteiger partial charge in [0.15, 0.2) is 5.11 Å². The lowest BCUT2D eigenvalue weighted by Crippen LogP contribution is -2.46.